The molecule has 6 heteroatoms. The molecular formula is C23H30N6. The molecule has 0 spiro atoms. The van der Waals surface area contributed by atoms with Crippen LogP contribution in [0.4, 0.5) is 11.6 Å². The zero-order valence-corrected chi connectivity index (χ0v) is 17.5. The smallest absolute Gasteiger partial charge is 0.163 e. The molecular weight excluding hydrogens is 360 g/mol. The first kappa shape index (κ1) is 20.7. The van der Waals surface area contributed by atoms with E-state index in [-0.39, 0.29) is 0 Å². The second-order valence-corrected chi connectivity index (χ2v) is 7.41. The second kappa shape index (κ2) is 10.5. The fraction of sp³-hybridized carbons (Fsp3) is 0.348. The lowest BCUT2D eigenvalue weighted by atomic mass is 10.2. The van der Waals surface area contributed by atoms with Crippen molar-refractivity contribution >= 4 is 11.6 Å². The van der Waals surface area contributed by atoms with Crippen LogP contribution in [0.5, 0.6) is 0 Å². The van der Waals surface area contributed by atoms with Crippen LogP contribution in [0.1, 0.15) is 12.0 Å². The van der Waals surface area contributed by atoms with Crippen LogP contribution in [0.25, 0.3) is 11.4 Å². The molecule has 0 aliphatic heterocycles. The lowest BCUT2D eigenvalue weighted by Crippen LogP contribution is -2.22. The normalized spacial score (nSPS) is 10.9. The Balaban J connectivity index is 1.76. The number of benzene rings is 1. The Morgan fingerprint density at radius 1 is 0.897 bits per heavy atom. The third kappa shape index (κ3) is 6.54. The monoisotopic (exact) mass is 390 g/mol. The van der Waals surface area contributed by atoms with Gasteiger partial charge in [0.05, 0.1) is 0 Å². The minimum absolute atomic E-state index is 0.744. The van der Waals surface area contributed by atoms with E-state index in [1.807, 2.05) is 48.8 Å². The Morgan fingerprint density at radius 2 is 1.66 bits per heavy atom. The maximum atomic E-state index is 4.83. The summed E-state index contributed by atoms with van der Waals surface area (Å²) in [6, 6.07) is 16.3. The molecule has 1 N–H and O–H groups in total. The number of likely N-dealkylation sites (N-methyl/N-ethyl adjacent to an activating group) is 1. The first-order valence-electron chi connectivity index (χ1n) is 10.0. The molecule has 2 aromatic heterocycles. The van der Waals surface area contributed by atoms with Crippen LogP contribution in [0.3, 0.4) is 0 Å². The SMILES string of the molecule is CN(C)CCCNc1cc(N(C)CCc2ccncc2)nc(-c2ccccc2)n1. The Kier molecular flexibility index (Phi) is 7.53. The van der Waals surface area contributed by atoms with Crippen LogP contribution < -0.4 is 10.2 Å². The van der Waals surface area contributed by atoms with Gasteiger partial charge in [-0.05, 0) is 51.2 Å². The fourth-order valence-electron chi connectivity index (χ4n) is 3.01. The highest BCUT2D eigenvalue weighted by Gasteiger charge is 2.10. The Bertz CT molecular complexity index is 867. The van der Waals surface area contributed by atoms with Crippen molar-refractivity contribution in [3.05, 3.63) is 66.5 Å². The maximum Gasteiger partial charge on any atom is 0.163 e. The summed E-state index contributed by atoms with van der Waals surface area (Å²) >= 11 is 0. The summed E-state index contributed by atoms with van der Waals surface area (Å²) in [6.45, 7) is 2.79. The average Bonchev–Trinajstić information content (AvgIpc) is 2.76. The van der Waals surface area contributed by atoms with Gasteiger partial charge >= 0.3 is 0 Å². The summed E-state index contributed by atoms with van der Waals surface area (Å²) in [5.41, 5.74) is 2.29. The Morgan fingerprint density at radius 3 is 2.38 bits per heavy atom. The van der Waals surface area contributed by atoms with Gasteiger partial charge in [0.2, 0.25) is 0 Å². The van der Waals surface area contributed by atoms with E-state index < -0.39 is 0 Å². The van der Waals surface area contributed by atoms with Gasteiger partial charge in [0, 0.05) is 44.2 Å². The van der Waals surface area contributed by atoms with Crippen LogP contribution in [0, 0.1) is 0 Å². The van der Waals surface area contributed by atoms with Gasteiger partial charge in [-0.3, -0.25) is 4.98 Å². The van der Waals surface area contributed by atoms with Crippen molar-refractivity contribution in [3.8, 4) is 11.4 Å². The predicted molar refractivity (Wildman–Crippen MR) is 120 cm³/mol. The van der Waals surface area contributed by atoms with Crippen LogP contribution >= 0.6 is 0 Å². The number of pyridine rings is 1. The van der Waals surface area contributed by atoms with Crippen molar-refractivity contribution in [2.45, 2.75) is 12.8 Å². The van der Waals surface area contributed by atoms with E-state index in [9.17, 15) is 0 Å². The summed E-state index contributed by atoms with van der Waals surface area (Å²) in [4.78, 5) is 18.0. The predicted octanol–water partition coefficient (Wildman–Crippen LogP) is 3.58. The molecule has 0 bridgehead atoms. The molecule has 0 radical (unpaired) electrons. The Hall–Kier alpha value is -2.99. The van der Waals surface area contributed by atoms with Gasteiger partial charge in [-0.25, -0.2) is 9.97 Å². The molecule has 0 fully saturated rings. The van der Waals surface area contributed by atoms with E-state index in [1.165, 1.54) is 5.56 Å². The molecule has 29 heavy (non-hydrogen) atoms. The number of rotatable bonds is 10. The molecule has 2 heterocycles. The quantitative estimate of drug-likeness (QED) is 0.534. The zero-order valence-electron chi connectivity index (χ0n) is 17.5. The van der Waals surface area contributed by atoms with Crippen LogP contribution in [-0.4, -0.2) is 60.6 Å². The highest BCUT2D eigenvalue weighted by atomic mass is 15.2. The molecule has 0 aliphatic rings. The van der Waals surface area contributed by atoms with E-state index >= 15 is 0 Å². The molecule has 0 amide bonds. The minimum Gasteiger partial charge on any atom is -0.370 e. The molecule has 152 valence electrons. The number of hydrogen-bond acceptors (Lipinski definition) is 6. The average molecular weight is 391 g/mol. The number of nitrogens with one attached hydrogen (secondary N) is 1. The number of aromatic nitrogens is 3. The lowest BCUT2D eigenvalue weighted by Gasteiger charge is -2.20. The summed E-state index contributed by atoms with van der Waals surface area (Å²) in [5, 5.41) is 3.47. The maximum absolute atomic E-state index is 4.83. The van der Waals surface area contributed by atoms with Gasteiger partial charge in [-0.1, -0.05) is 30.3 Å². The van der Waals surface area contributed by atoms with Crippen molar-refractivity contribution in [1.82, 2.24) is 19.9 Å². The molecule has 0 saturated carbocycles. The van der Waals surface area contributed by atoms with Crippen molar-refractivity contribution < 1.29 is 0 Å². The standard InChI is InChI=1S/C23H30N6/c1-28(2)16-7-13-25-21-18-22(27-23(26-21)20-8-5-4-6-9-20)29(3)17-12-19-10-14-24-15-11-19/h4-6,8-11,14-15,18H,7,12-13,16-17H2,1-3H3,(H,25,26,27). The van der Waals surface area contributed by atoms with Crippen molar-refractivity contribution in [3.63, 3.8) is 0 Å². The van der Waals surface area contributed by atoms with E-state index in [2.05, 4.69) is 53.4 Å². The van der Waals surface area contributed by atoms with Gasteiger partial charge in [0.25, 0.3) is 0 Å². The summed E-state index contributed by atoms with van der Waals surface area (Å²) in [6.07, 6.45) is 5.67. The summed E-state index contributed by atoms with van der Waals surface area (Å²) in [7, 11) is 6.26. The van der Waals surface area contributed by atoms with Gasteiger partial charge < -0.3 is 15.1 Å². The van der Waals surface area contributed by atoms with Gasteiger partial charge in [-0.2, -0.15) is 0 Å². The zero-order chi connectivity index (χ0) is 20.5. The topological polar surface area (TPSA) is 57.2 Å². The summed E-state index contributed by atoms with van der Waals surface area (Å²) < 4.78 is 0. The highest BCUT2D eigenvalue weighted by molar-refractivity contribution is 5.61. The summed E-state index contributed by atoms with van der Waals surface area (Å²) in [5.74, 6) is 2.53. The van der Waals surface area contributed by atoms with Crippen molar-refractivity contribution in [1.29, 1.82) is 0 Å². The molecule has 1 aromatic carbocycles. The minimum atomic E-state index is 0.744. The molecule has 3 aromatic rings. The van der Waals surface area contributed by atoms with Crippen molar-refractivity contribution in [2.24, 2.45) is 0 Å². The second-order valence-electron chi connectivity index (χ2n) is 7.41. The first-order valence-corrected chi connectivity index (χ1v) is 10.0. The molecule has 3 rings (SSSR count). The van der Waals surface area contributed by atoms with Gasteiger partial charge in [0.1, 0.15) is 11.6 Å². The van der Waals surface area contributed by atoms with Crippen LogP contribution in [0.2, 0.25) is 0 Å². The Labute approximate surface area is 173 Å². The van der Waals surface area contributed by atoms with E-state index in [4.69, 9.17) is 9.97 Å². The van der Waals surface area contributed by atoms with Crippen LogP contribution in [0.15, 0.2) is 60.9 Å². The van der Waals surface area contributed by atoms with E-state index in [0.29, 0.717) is 0 Å². The van der Waals surface area contributed by atoms with Crippen molar-refractivity contribution in [2.75, 3.05) is 51.0 Å². The largest absolute Gasteiger partial charge is 0.370 e. The highest BCUT2D eigenvalue weighted by Crippen LogP contribution is 2.22. The molecule has 0 unspecified atom stereocenters. The third-order valence-electron chi connectivity index (χ3n) is 4.71. The van der Waals surface area contributed by atoms with Crippen LogP contribution in [-0.2, 0) is 6.42 Å². The van der Waals surface area contributed by atoms with Gasteiger partial charge in [0.15, 0.2) is 5.82 Å². The molecule has 0 aliphatic carbocycles. The van der Waals surface area contributed by atoms with Gasteiger partial charge in [-0.15, -0.1) is 0 Å². The third-order valence-corrected chi connectivity index (χ3v) is 4.71. The van der Waals surface area contributed by atoms with E-state index in [0.717, 1.165) is 55.5 Å². The number of anilines is 2. The molecule has 0 saturated heterocycles. The first-order chi connectivity index (χ1) is 14.1. The molecule has 6 nitrogen and oxygen atoms in total. The number of hydrogen-bond donors (Lipinski definition) is 1. The van der Waals surface area contributed by atoms with E-state index in [1.54, 1.807) is 0 Å². The molecule has 0 atom stereocenters. The fourth-order valence-corrected chi connectivity index (χ4v) is 3.01. The lowest BCUT2D eigenvalue weighted by molar-refractivity contribution is 0.405. The number of nitrogens with zero attached hydrogens (tertiary/aromatic N) is 5.